The van der Waals surface area contributed by atoms with E-state index in [1.54, 1.807) is 6.07 Å². The normalized spacial score (nSPS) is 16.2. The lowest BCUT2D eigenvalue weighted by molar-refractivity contribution is -0.137. The van der Waals surface area contributed by atoms with Crippen molar-refractivity contribution in [2.24, 2.45) is 5.73 Å². The van der Waals surface area contributed by atoms with Crippen LogP contribution in [-0.4, -0.2) is 30.3 Å². The van der Waals surface area contributed by atoms with Crippen LogP contribution >= 0.6 is 11.6 Å². The fraction of sp³-hybridized carbons (Fsp3) is 0.350. The van der Waals surface area contributed by atoms with Crippen molar-refractivity contribution in [2.45, 2.75) is 31.5 Å². The predicted octanol–water partition coefficient (Wildman–Crippen LogP) is 4.21. The van der Waals surface area contributed by atoms with Gasteiger partial charge in [0.1, 0.15) is 0 Å². The molecule has 0 bridgehead atoms. The molecular weight excluding hydrogens is 407 g/mol. The van der Waals surface area contributed by atoms with Gasteiger partial charge in [-0.15, -0.1) is 0 Å². The van der Waals surface area contributed by atoms with E-state index in [1.807, 2.05) is 12.1 Å². The summed E-state index contributed by atoms with van der Waals surface area (Å²) < 4.78 is 38.9. The van der Waals surface area contributed by atoms with Gasteiger partial charge in [-0.3, -0.25) is 4.90 Å². The van der Waals surface area contributed by atoms with E-state index in [4.69, 9.17) is 17.3 Å². The minimum atomic E-state index is -4.55. The first-order valence-electron chi connectivity index (χ1n) is 9.12. The van der Waals surface area contributed by atoms with E-state index in [9.17, 15) is 23.1 Å². The van der Waals surface area contributed by atoms with E-state index in [0.29, 0.717) is 24.9 Å². The van der Waals surface area contributed by atoms with E-state index < -0.39 is 17.8 Å². The summed E-state index contributed by atoms with van der Waals surface area (Å²) in [4.78, 5) is 13.3. The molecule has 2 aromatic rings. The van der Waals surface area contributed by atoms with Gasteiger partial charge in [0.25, 0.3) is 0 Å². The molecule has 29 heavy (non-hydrogen) atoms. The first kappa shape index (κ1) is 21.3. The number of nitrogens with zero attached hydrogens (tertiary/aromatic N) is 1. The first-order valence-corrected chi connectivity index (χ1v) is 9.50. The van der Waals surface area contributed by atoms with Crippen molar-refractivity contribution in [3.63, 3.8) is 0 Å². The second-order valence-corrected chi connectivity index (χ2v) is 7.37. The molecule has 1 unspecified atom stereocenters. The number of nitrogens with one attached hydrogen (secondary N) is 1. The van der Waals surface area contributed by atoms with Gasteiger partial charge in [0, 0.05) is 24.5 Å². The number of hydrogen-bond donors (Lipinski definition) is 3. The molecule has 5 nitrogen and oxygen atoms in total. The van der Waals surface area contributed by atoms with Crippen LogP contribution in [0, 0.1) is 0 Å². The third kappa shape index (κ3) is 5.13. The lowest BCUT2D eigenvalue weighted by Crippen LogP contribution is -2.39. The summed E-state index contributed by atoms with van der Waals surface area (Å²) in [6.45, 7) is 0.360. The van der Waals surface area contributed by atoms with Crippen molar-refractivity contribution in [3.05, 3.63) is 58.1 Å². The standard InChI is InChI=1S/C20H21ClF3N3O2/c21-18-6-3-14(11-17(18)20(22,23)24)26-7-8-27(19(25)29)15-4-1-13-10-16(28)5-2-12(13)9-15/h1,3-4,6,9,11,16,26,28H,2,5,7-8,10H2,(H2,25,29). The fourth-order valence-corrected chi connectivity index (χ4v) is 3.65. The van der Waals surface area contributed by atoms with Gasteiger partial charge >= 0.3 is 12.2 Å². The van der Waals surface area contributed by atoms with Crippen LogP contribution in [0.5, 0.6) is 0 Å². The highest BCUT2D eigenvalue weighted by atomic mass is 35.5. The topological polar surface area (TPSA) is 78.6 Å². The molecule has 1 aliphatic carbocycles. The number of carbonyl (C=O) groups excluding carboxylic acids is 1. The highest BCUT2D eigenvalue weighted by Crippen LogP contribution is 2.36. The Bertz CT molecular complexity index is 905. The highest BCUT2D eigenvalue weighted by Gasteiger charge is 2.33. The Balaban J connectivity index is 1.69. The lowest BCUT2D eigenvalue weighted by Gasteiger charge is -2.25. The van der Waals surface area contributed by atoms with Crippen LogP contribution < -0.4 is 16.0 Å². The number of aryl methyl sites for hydroxylation is 1. The number of anilines is 2. The third-order valence-electron chi connectivity index (χ3n) is 4.91. The van der Waals surface area contributed by atoms with E-state index in [-0.39, 0.29) is 29.9 Å². The van der Waals surface area contributed by atoms with Crippen molar-refractivity contribution in [3.8, 4) is 0 Å². The van der Waals surface area contributed by atoms with Gasteiger partial charge in [-0.2, -0.15) is 13.2 Å². The Labute approximate surface area is 171 Å². The quantitative estimate of drug-likeness (QED) is 0.669. The summed E-state index contributed by atoms with van der Waals surface area (Å²) in [7, 11) is 0. The van der Waals surface area contributed by atoms with Gasteiger partial charge in [0.15, 0.2) is 0 Å². The van der Waals surface area contributed by atoms with Crippen molar-refractivity contribution >= 4 is 29.0 Å². The Hall–Kier alpha value is -2.45. The minimum absolute atomic E-state index is 0.167. The molecule has 2 aromatic carbocycles. The number of amides is 2. The molecule has 2 amide bonds. The smallest absolute Gasteiger partial charge is 0.393 e. The number of alkyl halides is 3. The number of rotatable bonds is 5. The number of urea groups is 1. The first-order chi connectivity index (χ1) is 13.6. The molecule has 0 fully saturated rings. The zero-order chi connectivity index (χ0) is 21.2. The maximum Gasteiger partial charge on any atom is 0.417 e. The van der Waals surface area contributed by atoms with Gasteiger partial charge in [0.05, 0.1) is 16.7 Å². The van der Waals surface area contributed by atoms with Crippen LogP contribution in [0.25, 0.3) is 0 Å². The van der Waals surface area contributed by atoms with Crippen LogP contribution in [-0.2, 0) is 19.0 Å². The number of carbonyl (C=O) groups is 1. The summed E-state index contributed by atoms with van der Waals surface area (Å²) in [6.07, 6.45) is -2.96. The van der Waals surface area contributed by atoms with Crippen molar-refractivity contribution < 1.29 is 23.1 Å². The molecule has 156 valence electrons. The number of primary amides is 1. The van der Waals surface area contributed by atoms with Crippen molar-refractivity contribution in [2.75, 3.05) is 23.3 Å². The van der Waals surface area contributed by atoms with Gasteiger partial charge in [-0.05, 0) is 60.7 Å². The molecule has 1 atom stereocenters. The Morgan fingerprint density at radius 1 is 1.24 bits per heavy atom. The second-order valence-electron chi connectivity index (χ2n) is 6.96. The maximum absolute atomic E-state index is 13.0. The second kappa shape index (κ2) is 8.51. The van der Waals surface area contributed by atoms with Crippen LogP contribution in [0.15, 0.2) is 36.4 Å². The molecule has 1 aliphatic rings. The van der Waals surface area contributed by atoms with Crippen LogP contribution in [0.4, 0.5) is 29.3 Å². The summed E-state index contributed by atoms with van der Waals surface area (Å²) >= 11 is 5.62. The minimum Gasteiger partial charge on any atom is -0.393 e. The highest BCUT2D eigenvalue weighted by molar-refractivity contribution is 6.31. The van der Waals surface area contributed by atoms with E-state index in [0.717, 1.165) is 17.2 Å². The lowest BCUT2D eigenvalue weighted by atomic mass is 9.89. The number of nitrogens with two attached hydrogens (primary N) is 1. The Morgan fingerprint density at radius 2 is 2.00 bits per heavy atom. The van der Waals surface area contributed by atoms with Gasteiger partial charge in [-0.1, -0.05) is 17.7 Å². The van der Waals surface area contributed by atoms with E-state index >= 15 is 0 Å². The predicted molar refractivity (Wildman–Crippen MR) is 106 cm³/mol. The maximum atomic E-state index is 13.0. The van der Waals surface area contributed by atoms with Gasteiger partial charge in [-0.25, -0.2) is 4.79 Å². The zero-order valence-electron chi connectivity index (χ0n) is 15.5. The number of halogens is 4. The molecule has 3 rings (SSSR count). The molecule has 0 spiro atoms. The van der Waals surface area contributed by atoms with Crippen LogP contribution in [0.1, 0.15) is 23.1 Å². The zero-order valence-corrected chi connectivity index (χ0v) is 16.2. The molecule has 4 N–H and O–H groups in total. The summed E-state index contributed by atoms with van der Waals surface area (Å²) in [5.74, 6) is 0. The molecule has 0 aromatic heterocycles. The average Bonchev–Trinajstić information content (AvgIpc) is 2.65. The van der Waals surface area contributed by atoms with E-state index in [1.165, 1.54) is 17.0 Å². The largest absolute Gasteiger partial charge is 0.417 e. The SMILES string of the molecule is NC(=O)N(CCNc1ccc(Cl)c(C(F)(F)F)c1)c1ccc2c(c1)CCC(O)C2. The monoisotopic (exact) mass is 427 g/mol. The number of benzene rings is 2. The molecule has 0 heterocycles. The number of hydrogen-bond acceptors (Lipinski definition) is 3. The van der Waals surface area contributed by atoms with Crippen molar-refractivity contribution in [1.82, 2.24) is 0 Å². The molecule has 9 heteroatoms. The molecule has 0 saturated carbocycles. The molecule has 0 saturated heterocycles. The van der Waals surface area contributed by atoms with Gasteiger partial charge < -0.3 is 16.2 Å². The number of aliphatic hydroxyl groups is 1. The average molecular weight is 428 g/mol. The summed E-state index contributed by atoms with van der Waals surface area (Å²) in [5, 5.41) is 12.3. The summed E-state index contributed by atoms with van der Waals surface area (Å²) in [6, 6.07) is 8.38. The molecule has 0 aliphatic heterocycles. The Morgan fingerprint density at radius 3 is 2.69 bits per heavy atom. The van der Waals surface area contributed by atoms with E-state index in [2.05, 4.69) is 5.32 Å². The molecule has 0 radical (unpaired) electrons. The third-order valence-corrected chi connectivity index (χ3v) is 5.24. The van der Waals surface area contributed by atoms with Crippen molar-refractivity contribution in [1.29, 1.82) is 0 Å². The molecular formula is C20H21ClF3N3O2. The van der Waals surface area contributed by atoms with Gasteiger partial charge in [0.2, 0.25) is 0 Å². The Kier molecular flexibility index (Phi) is 6.24. The summed E-state index contributed by atoms with van der Waals surface area (Å²) in [5.41, 5.74) is 7.52. The fourth-order valence-electron chi connectivity index (χ4n) is 3.42. The number of fused-ring (bicyclic) bond motifs is 1. The number of aliphatic hydroxyl groups excluding tert-OH is 1. The van der Waals surface area contributed by atoms with Crippen LogP contribution in [0.2, 0.25) is 5.02 Å². The van der Waals surface area contributed by atoms with Crippen LogP contribution in [0.3, 0.4) is 0 Å².